The average Bonchev–Trinajstić information content (AvgIpc) is 2.59. The quantitative estimate of drug-likeness (QED) is 0.869. The smallest absolute Gasteiger partial charge is 0.251 e. The lowest BCUT2D eigenvalue weighted by atomic mass is 10.0. The summed E-state index contributed by atoms with van der Waals surface area (Å²) in [4.78, 5) is 12.3. The molecule has 0 bridgehead atoms. The Morgan fingerprint density at radius 3 is 2.23 bits per heavy atom. The van der Waals surface area contributed by atoms with Crippen molar-refractivity contribution in [1.29, 1.82) is 0 Å². The Labute approximate surface area is 130 Å². The van der Waals surface area contributed by atoms with Gasteiger partial charge in [0.2, 0.25) is 5.75 Å². The fourth-order valence-electron chi connectivity index (χ4n) is 2.50. The Hall–Kier alpha value is -1.95. The molecule has 2 rings (SSSR count). The maximum atomic E-state index is 12.3. The first-order valence-corrected chi connectivity index (χ1v) is 7.35. The van der Waals surface area contributed by atoms with E-state index in [9.17, 15) is 4.79 Å². The van der Waals surface area contributed by atoms with E-state index in [1.165, 1.54) is 21.3 Å². The zero-order valence-corrected chi connectivity index (χ0v) is 13.3. The summed E-state index contributed by atoms with van der Waals surface area (Å²) in [5.41, 5.74) is 0.488. The number of amides is 1. The van der Waals surface area contributed by atoms with Crippen molar-refractivity contribution in [3.63, 3.8) is 0 Å². The average molecular weight is 309 g/mol. The molecule has 1 saturated heterocycles. The van der Waals surface area contributed by atoms with Crippen molar-refractivity contribution in [2.45, 2.75) is 12.8 Å². The van der Waals surface area contributed by atoms with Crippen molar-refractivity contribution in [2.24, 2.45) is 5.92 Å². The monoisotopic (exact) mass is 309 g/mol. The molecular formula is C16H23NO5. The molecule has 1 heterocycles. The fourth-order valence-corrected chi connectivity index (χ4v) is 2.50. The van der Waals surface area contributed by atoms with Gasteiger partial charge in [-0.05, 0) is 30.9 Å². The van der Waals surface area contributed by atoms with Gasteiger partial charge < -0.3 is 24.3 Å². The minimum absolute atomic E-state index is 0.147. The Bertz CT molecular complexity index is 486. The molecule has 0 aromatic heterocycles. The van der Waals surface area contributed by atoms with E-state index in [2.05, 4.69) is 5.32 Å². The molecule has 0 spiro atoms. The number of carbonyl (C=O) groups is 1. The summed E-state index contributed by atoms with van der Waals surface area (Å²) in [5, 5.41) is 2.96. The molecule has 0 unspecified atom stereocenters. The largest absolute Gasteiger partial charge is 0.493 e. The highest BCUT2D eigenvalue weighted by molar-refractivity contribution is 5.95. The summed E-state index contributed by atoms with van der Waals surface area (Å²) >= 11 is 0. The van der Waals surface area contributed by atoms with Gasteiger partial charge >= 0.3 is 0 Å². The first kappa shape index (κ1) is 16.4. The molecule has 122 valence electrons. The molecule has 1 N–H and O–H groups in total. The van der Waals surface area contributed by atoms with Gasteiger partial charge in [0.25, 0.3) is 5.91 Å². The molecule has 1 aromatic carbocycles. The van der Waals surface area contributed by atoms with Gasteiger partial charge in [-0.1, -0.05) is 0 Å². The predicted octanol–water partition coefficient (Wildman–Crippen LogP) is 1.87. The lowest BCUT2D eigenvalue weighted by Crippen LogP contribution is -2.32. The van der Waals surface area contributed by atoms with Crippen molar-refractivity contribution in [2.75, 3.05) is 41.1 Å². The van der Waals surface area contributed by atoms with E-state index in [4.69, 9.17) is 18.9 Å². The third-order valence-corrected chi connectivity index (χ3v) is 3.82. The van der Waals surface area contributed by atoms with Crippen molar-refractivity contribution in [3.8, 4) is 17.2 Å². The second-order valence-corrected chi connectivity index (χ2v) is 5.18. The molecular weight excluding hydrogens is 286 g/mol. The van der Waals surface area contributed by atoms with Crippen LogP contribution in [0.5, 0.6) is 17.2 Å². The van der Waals surface area contributed by atoms with Gasteiger partial charge in [0.15, 0.2) is 11.5 Å². The summed E-state index contributed by atoms with van der Waals surface area (Å²) < 4.78 is 21.1. The number of rotatable bonds is 6. The molecule has 0 aliphatic carbocycles. The van der Waals surface area contributed by atoms with Crippen LogP contribution in [0.4, 0.5) is 0 Å². The van der Waals surface area contributed by atoms with Gasteiger partial charge in [-0.3, -0.25) is 4.79 Å². The maximum Gasteiger partial charge on any atom is 0.251 e. The predicted molar refractivity (Wildman–Crippen MR) is 82.0 cm³/mol. The van der Waals surface area contributed by atoms with Gasteiger partial charge in [0.1, 0.15) is 0 Å². The Morgan fingerprint density at radius 2 is 1.73 bits per heavy atom. The molecule has 0 radical (unpaired) electrons. The molecule has 1 aliphatic heterocycles. The van der Waals surface area contributed by atoms with Crippen LogP contribution in [0.3, 0.4) is 0 Å². The summed E-state index contributed by atoms with van der Waals surface area (Å²) in [6.45, 7) is 2.19. The summed E-state index contributed by atoms with van der Waals surface area (Å²) in [7, 11) is 4.59. The van der Waals surface area contributed by atoms with Gasteiger partial charge in [-0.15, -0.1) is 0 Å². The molecule has 22 heavy (non-hydrogen) atoms. The van der Waals surface area contributed by atoms with Crippen LogP contribution in [0.25, 0.3) is 0 Å². The normalized spacial score (nSPS) is 15.2. The van der Waals surface area contributed by atoms with Crippen LogP contribution in [0, 0.1) is 5.92 Å². The number of ether oxygens (including phenoxy) is 4. The third-order valence-electron chi connectivity index (χ3n) is 3.82. The Kier molecular flexibility index (Phi) is 5.89. The van der Waals surface area contributed by atoms with Gasteiger partial charge in [-0.2, -0.15) is 0 Å². The lowest BCUT2D eigenvalue weighted by molar-refractivity contribution is 0.0642. The van der Waals surface area contributed by atoms with Crippen LogP contribution in [0.1, 0.15) is 23.2 Å². The number of hydrogen-bond donors (Lipinski definition) is 1. The number of methoxy groups -OCH3 is 3. The van der Waals surface area contributed by atoms with Crippen LogP contribution in [0.15, 0.2) is 12.1 Å². The number of carbonyl (C=O) groups excluding carboxylic acids is 1. The molecule has 0 atom stereocenters. The topological polar surface area (TPSA) is 66.0 Å². The zero-order chi connectivity index (χ0) is 15.9. The van der Waals surface area contributed by atoms with Gasteiger partial charge in [-0.25, -0.2) is 0 Å². The summed E-state index contributed by atoms with van der Waals surface area (Å²) in [6.07, 6.45) is 1.96. The SMILES string of the molecule is COc1cc(C(=O)NCC2CCOCC2)cc(OC)c1OC. The minimum atomic E-state index is -0.147. The third kappa shape index (κ3) is 3.82. The fraction of sp³-hybridized carbons (Fsp3) is 0.562. The minimum Gasteiger partial charge on any atom is -0.493 e. The molecule has 1 amide bonds. The highest BCUT2D eigenvalue weighted by Crippen LogP contribution is 2.38. The second-order valence-electron chi connectivity index (χ2n) is 5.18. The van der Waals surface area contributed by atoms with E-state index in [0.717, 1.165) is 26.1 Å². The number of hydrogen-bond acceptors (Lipinski definition) is 5. The van der Waals surface area contributed by atoms with E-state index in [-0.39, 0.29) is 5.91 Å². The second kappa shape index (κ2) is 7.89. The summed E-state index contributed by atoms with van der Waals surface area (Å²) in [5.74, 6) is 1.74. The Morgan fingerprint density at radius 1 is 1.14 bits per heavy atom. The first-order chi connectivity index (χ1) is 10.7. The summed E-state index contributed by atoms with van der Waals surface area (Å²) in [6, 6.07) is 3.31. The van der Waals surface area contributed by atoms with Crippen molar-refractivity contribution in [1.82, 2.24) is 5.32 Å². The Balaban J connectivity index is 2.08. The van der Waals surface area contributed by atoms with Crippen molar-refractivity contribution < 1.29 is 23.7 Å². The van der Waals surface area contributed by atoms with Crippen LogP contribution < -0.4 is 19.5 Å². The zero-order valence-electron chi connectivity index (χ0n) is 13.3. The van der Waals surface area contributed by atoms with E-state index < -0.39 is 0 Å². The van der Waals surface area contributed by atoms with Crippen LogP contribution in [-0.2, 0) is 4.74 Å². The molecule has 6 heteroatoms. The van der Waals surface area contributed by atoms with Crippen LogP contribution in [0.2, 0.25) is 0 Å². The maximum absolute atomic E-state index is 12.3. The van der Waals surface area contributed by atoms with Crippen molar-refractivity contribution >= 4 is 5.91 Å². The van der Waals surface area contributed by atoms with E-state index in [1.807, 2.05) is 0 Å². The van der Waals surface area contributed by atoms with E-state index >= 15 is 0 Å². The van der Waals surface area contributed by atoms with Crippen molar-refractivity contribution in [3.05, 3.63) is 17.7 Å². The molecule has 1 aromatic rings. The van der Waals surface area contributed by atoms with Gasteiger partial charge in [0.05, 0.1) is 21.3 Å². The molecule has 0 saturated carbocycles. The number of benzene rings is 1. The molecule has 1 fully saturated rings. The first-order valence-electron chi connectivity index (χ1n) is 7.35. The van der Waals surface area contributed by atoms with Gasteiger partial charge in [0, 0.05) is 25.3 Å². The molecule has 6 nitrogen and oxygen atoms in total. The van der Waals surface area contributed by atoms with Crippen LogP contribution in [-0.4, -0.2) is 47.0 Å². The van der Waals surface area contributed by atoms with Crippen LogP contribution >= 0.6 is 0 Å². The van der Waals surface area contributed by atoms with E-state index in [1.54, 1.807) is 12.1 Å². The highest BCUT2D eigenvalue weighted by atomic mass is 16.5. The highest BCUT2D eigenvalue weighted by Gasteiger charge is 2.19. The molecule has 1 aliphatic rings. The lowest BCUT2D eigenvalue weighted by Gasteiger charge is -2.22. The standard InChI is InChI=1S/C16H23NO5/c1-19-13-8-12(9-14(20-2)15(13)21-3)16(18)17-10-11-4-6-22-7-5-11/h8-9,11H,4-7,10H2,1-3H3,(H,17,18). The number of nitrogens with one attached hydrogen (secondary N) is 1. The van der Waals surface area contributed by atoms with E-state index in [0.29, 0.717) is 35.3 Å².